The summed E-state index contributed by atoms with van der Waals surface area (Å²) >= 11 is 0. The summed E-state index contributed by atoms with van der Waals surface area (Å²) in [6, 6.07) is 20.9. The van der Waals surface area contributed by atoms with Gasteiger partial charge in [-0.2, -0.15) is 0 Å². The van der Waals surface area contributed by atoms with E-state index in [2.05, 4.69) is 76.3 Å². The first kappa shape index (κ1) is 38.6. The molecule has 0 atom stereocenters. The number of carbonyl (C=O) groups is 1. The third kappa shape index (κ3) is 9.61. The van der Waals surface area contributed by atoms with Gasteiger partial charge in [0.05, 0.1) is 26.4 Å². The number of amides is 1. The number of para-hydroxylation sites is 2. The molecule has 7 nitrogen and oxygen atoms in total. The van der Waals surface area contributed by atoms with Gasteiger partial charge in [0, 0.05) is 54.6 Å². The molecule has 1 aliphatic rings. The van der Waals surface area contributed by atoms with E-state index in [-0.39, 0.29) is 5.91 Å². The lowest BCUT2D eigenvalue weighted by Gasteiger charge is -2.23. The van der Waals surface area contributed by atoms with Gasteiger partial charge in [-0.1, -0.05) is 77.4 Å². The average molecular weight is 707 g/mol. The number of ether oxygens (including phenoxy) is 4. The molecule has 7 heteroatoms. The number of carbonyl (C=O) groups excluding carboxylic acids is 1. The quantitative estimate of drug-likeness (QED) is 0.0785. The molecule has 0 heterocycles. The molecule has 8 bridgehead atoms. The first-order valence-electron chi connectivity index (χ1n) is 19.5. The molecular weight excluding hydrogens is 649 g/mol. The smallest absolute Gasteiger partial charge is 0.251 e. The van der Waals surface area contributed by atoms with Gasteiger partial charge in [-0.15, -0.1) is 0 Å². The zero-order chi connectivity index (χ0) is 36.9. The zero-order valence-electron chi connectivity index (χ0n) is 32.0. The van der Waals surface area contributed by atoms with Crippen LogP contribution in [0, 0.1) is 0 Å². The summed E-state index contributed by atoms with van der Waals surface area (Å²) in [5.74, 6) is 3.36. The summed E-state index contributed by atoms with van der Waals surface area (Å²) in [5.41, 5.74) is 16.2. The van der Waals surface area contributed by atoms with Gasteiger partial charge in [0.15, 0.2) is 0 Å². The van der Waals surface area contributed by atoms with Gasteiger partial charge in [0.1, 0.15) is 23.0 Å². The van der Waals surface area contributed by atoms with Crippen LogP contribution in [0.15, 0.2) is 60.7 Å². The van der Waals surface area contributed by atoms with Crippen molar-refractivity contribution in [1.82, 2.24) is 5.32 Å². The second-order valence-corrected chi connectivity index (χ2v) is 13.8. The number of unbranched alkanes of at least 4 members (excludes halogenated alkanes) is 1. The van der Waals surface area contributed by atoms with Crippen LogP contribution in [0.3, 0.4) is 0 Å². The van der Waals surface area contributed by atoms with Gasteiger partial charge in [-0.25, -0.2) is 0 Å². The Kier molecular flexibility index (Phi) is 14.3. The number of benzene rings is 4. The number of hydrogen-bond acceptors (Lipinski definition) is 6. The molecule has 0 spiro atoms. The van der Waals surface area contributed by atoms with Crippen LogP contribution in [-0.2, 0) is 25.7 Å². The molecule has 1 aliphatic carbocycles. The number of nitrogens with one attached hydrogen (secondary N) is 1. The predicted molar refractivity (Wildman–Crippen MR) is 212 cm³/mol. The molecule has 278 valence electrons. The van der Waals surface area contributed by atoms with Crippen molar-refractivity contribution in [3.8, 4) is 23.0 Å². The second-order valence-electron chi connectivity index (χ2n) is 13.8. The Bertz CT molecular complexity index is 1690. The minimum absolute atomic E-state index is 0.0736. The van der Waals surface area contributed by atoms with Crippen molar-refractivity contribution in [2.24, 2.45) is 0 Å². The van der Waals surface area contributed by atoms with Crippen LogP contribution < -0.4 is 30.0 Å². The highest BCUT2D eigenvalue weighted by atomic mass is 16.5. The van der Waals surface area contributed by atoms with E-state index >= 15 is 0 Å². The largest absolute Gasteiger partial charge is 0.493 e. The van der Waals surface area contributed by atoms with E-state index in [1.807, 2.05) is 24.3 Å². The van der Waals surface area contributed by atoms with Gasteiger partial charge in [-0.3, -0.25) is 4.79 Å². The molecule has 5 rings (SSSR count). The van der Waals surface area contributed by atoms with Crippen molar-refractivity contribution >= 4 is 11.6 Å². The Morgan fingerprint density at radius 2 is 0.885 bits per heavy atom. The maximum atomic E-state index is 13.7. The fourth-order valence-corrected chi connectivity index (χ4v) is 6.88. The maximum absolute atomic E-state index is 13.7. The monoisotopic (exact) mass is 706 g/mol. The minimum atomic E-state index is -0.0736. The van der Waals surface area contributed by atoms with E-state index in [0.29, 0.717) is 69.9 Å². The van der Waals surface area contributed by atoms with Crippen molar-refractivity contribution in [3.05, 3.63) is 111 Å². The number of hydrogen-bond donors (Lipinski definition) is 2. The van der Waals surface area contributed by atoms with Crippen molar-refractivity contribution in [2.75, 3.05) is 38.7 Å². The van der Waals surface area contributed by atoms with Gasteiger partial charge in [0.25, 0.3) is 5.91 Å². The van der Waals surface area contributed by atoms with E-state index < -0.39 is 0 Å². The Balaban J connectivity index is 1.80. The van der Waals surface area contributed by atoms with Crippen LogP contribution in [0.5, 0.6) is 23.0 Å². The Morgan fingerprint density at radius 3 is 1.23 bits per heavy atom. The van der Waals surface area contributed by atoms with E-state index in [1.165, 1.54) is 0 Å². The first-order valence-corrected chi connectivity index (χ1v) is 19.5. The average Bonchev–Trinajstić information content (AvgIpc) is 3.13. The highest BCUT2D eigenvalue weighted by molar-refractivity contribution is 5.95. The highest BCUT2D eigenvalue weighted by Gasteiger charge is 2.24. The van der Waals surface area contributed by atoms with Crippen LogP contribution in [0.4, 0.5) is 5.69 Å². The molecule has 0 aromatic heterocycles. The molecule has 52 heavy (non-hydrogen) atoms. The summed E-state index contributed by atoms with van der Waals surface area (Å²) in [6.07, 6.45) is 7.71. The lowest BCUT2D eigenvalue weighted by Crippen LogP contribution is -2.25. The lowest BCUT2D eigenvalue weighted by atomic mass is 9.90. The zero-order valence-corrected chi connectivity index (χ0v) is 32.0. The molecule has 0 unspecified atom stereocenters. The van der Waals surface area contributed by atoms with Gasteiger partial charge >= 0.3 is 0 Å². The predicted octanol–water partition coefficient (Wildman–Crippen LogP) is 9.63. The van der Waals surface area contributed by atoms with Crippen molar-refractivity contribution in [2.45, 2.75) is 98.8 Å². The molecule has 0 radical (unpaired) electrons. The highest BCUT2D eigenvalue weighted by Crippen LogP contribution is 2.40. The van der Waals surface area contributed by atoms with E-state index in [1.54, 1.807) is 0 Å². The van der Waals surface area contributed by atoms with Gasteiger partial charge in [0.2, 0.25) is 0 Å². The third-order valence-corrected chi connectivity index (χ3v) is 9.27. The number of fused-ring (bicyclic) bond motifs is 8. The molecular formula is C45H58N2O5. The van der Waals surface area contributed by atoms with Crippen LogP contribution in [0.2, 0.25) is 0 Å². The minimum Gasteiger partial charge on any atom is -0.493 e. The summed E-state index contributed by atoms with van der Waals surface area (Å²) in [6.45, 7) is 13.6. The number of anilines is 1. The first-order chi connectivity index (χ1) is 25.4. The molecule has 0 aliphatic heterocycles. The van der Waals surface area contributed by atoms with E-state index in [9.17, 15) is 4.79 Å². The fourth-order valence-electron chi connectivity index (χ4n) is 6.88. The molecule has 4 aromatic carbocycles. The summed E-state index contributed by atoms with van der Waals surface area (Å²) in [5, 5.41) is 3.15. The van der Waals surface area contributed by atoms with Crippen molar-refractivity contribution < 1.29 is 23.7 Å². The van der Waals surface area contributed by atoms with Crippen molar-refractivity contribution in [1.29, 1.82) is 0 Å². The molecule has 0 fully saturated rings. The second kappa shape index (κ2) is 19.3. The van der Waals surface area contributed by atoms with Gasteiger partial charge in [-0.05, 0) is 89.8 Å². The van der Waals surface area contributed by atoms with Crippen LogP contribution in [0.1, 0.15) is 128 Å². The Hall–Kier alpha value is -4.65. The van der Waals surface area contributed by atoms with E-state index in [0.717, 1.165) is 106 Å². The molecule has 0 saturated heterocycles. The lowest BCUT2D eigenvalue weighted by molar-refractivity contribution is 0.0953. The van der Waals surface area contributed by atoms with Crippen LogP contribution in [0.25, 0.3) is 0 Å². The summed E-state index contributed by atoms with van der Waals surface area (Å²) in [4.78, 5) is 13.7. The number of nitrogen functional groups attached to an aromatic ring is 1. The van der Waals surface area contributed by atoms with Crippen LogP contribution >= 0.6 is 0 Å². The standard InChI is InChI=1S/C45H58N2O5/c1-6-11-18-47-45(48)39-27-35-23-31-14-12-16-33(41(31)49-19-7-2)25-37-29-40(46)30-38(44(37)52-22-10-5)26-34-17-13-15-32(42(34)50-20-8-3)24-36(28-39)43(35)51-21-9-4/h12-17,27-30H,6-11,18-26,46H2,1-5H3,(H,47,48). The van der Waals surface area contributed by atoms with Gasteiger partial charge < -0.3 is 30.0 Å². The Morgan fingerprint density at radius 1 is 0.538 bits per heavy atom. The SMILES string of the molecule is CCCCNC(=O)c1cc2c(OCCC)c(c1)Cc1cccc(c1OCCC)Cc1cc(N)cc(c1OCCC)Cc1cccc(c1OCCC)C2. The summed E-state index contributed by atoms with van der Waals surface area (Å²) in [7, 11) is 0. The van der Waals surface area contributed by atoms with Crippen molar-refractivity contribution in [3.63, 3.8) is 0 Å². The summed E-state index contributed by atoms with van der Waals surface area (Å²) < 4.78 is 26.4. The normalized spacial score (nSPS) is 12.2. The van der Waals surface area contributed by atoms with E-state index in [4.69, 9.17) is 24.7 Å². The number of rotatable bonds is 16. The molecule has 0 saturated carbocycles. The number of nitrogens with two attached hydrogens (primary N) is 1. The maximum Gasteiger partial charge on any atom is 0.251 e. The molecule has 3 N–H and O–H groups in total. The fraction of sp³-hybridized carbons (Fsp3) is 0.444. The molecule has 4 aromatic rings. The van der Waals surface area contributed by atoms with Crippen LogP contribution in [-0.4, -0.2) is 38.9 Å². The third-order valence-electron chi connectivity index (χ3n) is 9.27. The topological polar surface area (TPSA) is 92.0 Å². The Labute approximate surface area is 311 Å². The molecule has 1 amide bonds.